The summed E-state index contributed by atoms with van der Waals surface area (Å²) in [6, 6.07) is 20.4. The molecule has 28 heavy (non-hydrogen) atoms. The Labute approximate surface area is 169 Å². The van der Waals surface area contributed by atoms with Crippen LogP contribution in [0.5, 0.6) is 0 Å². The van der Waals surface area contributed by atoms with Gasteiger partial charge in [-0.3, -0.25) is 4.79 Å². The van der Waals surface area contributed by atoms with Crippen molar-refractivity contribution in [1.82, 2.24) is 4.57 Å². The van der Waals surface area contributed by atoms with Gasteiger partial charge in [-0.15, -0.1) is 11.3 Å². The van der Waals surface area contributed by atoms with E-state index in [1.807, 2.05) is 47.3 Å². The van der Waals surface area contributed by atoms with Gasteiger partial charge >= 0.3 is 0 Å². The van der Waals surface area contributed by atoms with Gasteiger partial charge in [-0.2, -0.15) is 0 Å². The number of carbonyl (C=O) groups is 1. The van der Waals surface area contributed by atoms with Crippen LogP contribution in [-0.2, 0) is 6.42 Å². The zero-order chi connectivity index (χ0) is 19.5. The van der Waals surface area contributed by atoms with E-state index in [2.05, 4.69) is 54.9 Å². The number of nitrogens with zero attached hydrogens (tertiary/aromatic N) is 1. The minimum absolute atomic E-state index is 0.0830. The number of hydrogen-bond acceptors (Lipinski definition) is 2. The summed E-state index contributed by atoms with van der Waals surface area (Å²) in [5.41, 5.74) is 6.34. The van der Waals surface area contributed by atoms with Crippen LogP contribution in [0, 0.1) is 6.92 Å². The molecule has 0 atom stereocenters. The Morgan fingerprint density at radius 3 is 2.50 bits per heavy atom. The molecule has 0 fully saturated rings. The molecule has 0 bridgehead atoms. The summed E-state index contributed by atoms with van der Waals surface area (Å²) in [4.78, 5) is 13.8. The summed E-state index contributed by atoms with van der Waals surface area (Å²) in [7, 11) is 0. The van der Waals surface area contributed by atoms with Gasteiger partial charge in [-0.1, -0.05) is 48.9 Å². The lowest BCUT2D eigenvalue weighted by atomic mass is 10.0. The highest BCUT2D eigenvalue weighted by Gasteiger charge is 2.20. The molecular formula is C24H22N2OS. The van der Waals surface area contributed by atoms with E-state index in [9.17, 15) is 4.79 Å². The number of aryl methyl sites for hydroxylation is 2. The van der Waals surface area contributed by atoms with E-state index < -0.39 is 0 Å². The minimum Gasteiger partial charge on any atom is -0.322 e. The third kappa shape index (κ3) is 3.64. The lowest BCUT2D eigenvalue weighted by Crippen LogP contribution is -2.13. The number of amides is 1. The van der Waals surface area contributed by atoms with Crippen LogP contribution in [0.1, 0.15) is 27.7 Å². The molecule has 1 amide bonds. The lowest BCUT2D eigenvalue weighted by molar-refractivity contribution is 0.103. The fourth-order valence-corrected chi connectivity index (χ4v) is 4.22. The quantitative estimate of drug-likeness (QED) is 0.427. The summed E-state index contributed by atoms with van der Waals surface area (Å²) >= 11 is 1.48. The van der Waals surface area contributed by atoms with Crippen molar-refractivity contribution in [1.29, 1.82) is 0 Å². The number of thiophene rings is 1. The third-order valence-electron chi connectivity index (χ3n) is 4.79. The van der Waals surface area contributed by atoms with E-state index in [-0.39, 0.29) is 5.91 Å². The third-order valence-corrected chi connectivity index (χ3v) is 5.76. The number of aromatic nitrogens is 1. The maximum atomic E-state index is 13.1. The molecule has 0 aliphatic rings. The average Bonchev–Trinajstić information content (AvgIpc) is 3.38. The van der Waals surface area contributed by atoms with E-state index in [0.29, 0.717) is 4.88 Å². The van der Waals surface area contributed by atoms with Crippen LogP contribution in [0.25, 0.3) is 16.8 Å². The number of hydrogen-bond donors (Lipinski definition) is 1. The molecule has 0 spiro atoms. The Bertz CT molecular complexity index is 1090. The summed E-state index contributed by atoms with van der Waals surface area (Å²) in [5, 5.41) is 5.13. The Morgan fingerprint density at radius 1 is 1.04 bits per heavy atom. The first-order valence-electron chi connectivity index (χ1n) is 9.38. The molecule has 1 N–H and O–H groups in total. The maximum absolute atomic E-state index is 13.1. The molecule has 0 unspecified atom stereocenters. The second kappa shape index (κ2) is 7.87. The molecule has 4 aromatic rings. The molecule has 2 heterocycles. The van der Waals surface area contributed by atoms with E-state index in [4.69, 9.17) is 0 Å². The van der Waals surface area contributed by atoms with E-state index in [0.717, 1.165) is 28.9 Å². The second-order valence-electron chi connectivity index (χ2n) is 6.79. The fourth-order valence-electron chi connectivity index (χ4n) is 3.25. The van der Waals surface area contributed by atoms with Crippen LogP contribution >= 0.6 is 11.3 Å². The van der Waals surface area contributed by atoms with Crippen LogP contribution in [0.3, 0.4) is 0 Å². The SMILES string of the molecule is CCc1cccc(NC(=O)c2scc(-c3ccc(C)cc3)c2-n2cccc2)c1. The molecule has 0 aliphatic carbocycles. The summed E-state index contributed by atoms with van der Waals surface area (Å²) in [5.74, 6) is -0.0830. The van der Waals surface area contributed by atoms with Crippen LogP contribution in [0.4, 0.5) is 5.69 Å². The number of benzene rings is 2. The largest absolute Gasteiger partial charge is 0.322 e. The number of anilines is 1. The maximum Gasteiger partial charge on any atom is 0.267 e. The molecule has 0 saturated carbocycles. The highest BCUT2D eigenvalue weighted by molar-refractivity contribution is 7.13. The van der Waals surface area contributed by atoms with Gasteiger partial charge in [0.15, 0.2) is 0 Å². The second-order valence-corrected chi connectivity index (χ2v) is 7.67. The molecule has 2 aromatic heterocycles. The van der Waals surface area contributed by atoms with Crippen molar-refractivity contribution in [2.24, 2.45) is 0 Å². The molecule has 3 nitrogen and oxygen atoms in total. The predicted octanol–water partition coefficient (Wildman–Crippen LogP) is 6.33. The van der Waals surface area contributed by atoms with Crippen molar-refractivity contribution < 1.29 is 4.79 Å². The van der Waals surface area contributed by atoms with Crippen molar-refractivity contribution >= 4 is 22.9 Å². The van der Waals surface area contributed by atoms with Crippen molar-refractivity contribution in [3.05, 3.63) is 94.4 Å². The van der Waals surface area contributed by atoms with Gasteiger partial charge in [0.1, 0.15) is 4.88 Å². The Balaban J connectivity index is 1.74. The van der Waals surface area contributed by atoms with Gasteiger partial charge in [0.2, 0.25) is 0 Å². The zero-order valence-electron chi connectivity index (χ0n) is 16.0. The van der Waals surface area contributed by atoms with Gasteiger partial charge in [-0.25, -0.2) is 0 Å². The van der Waals surface area contributed by atoms with E-state index in [1.165, 1.54) is 22.5 Å². The standard InChI is InChI=1S/C24H22N2OS/c1-3-18-7-6-8-20(15-18)25-24(27)23-22(26-13-4-5-14-26)21(16-28-23)19-11-9-17(2)10-12-19/h4-16H,3H2,1-2H3,(H,25,27). The molecule has 0 radical (unpaired) electrons. The molecular weight excluding hydrogens is 364 g/mol. The van der Waals surface area contributed by atoms with Crippen LogP contribution in [0.2, 0.25) is 0 Å². The number of nitrogens with one attached hydrogen (secondary N) is 1. The molecule has 0 saturated heterocycles. The smallest absolute Gasteiger partial charge is 0.267 e. The van der Waals surface area contributed by atoms with Crippen molar-refractivity contribution in [2.45, 2.75) is 20.3 Å². The van der Waals surface area contributed by atoms with Crippen molar-refractivity contribution in [3.63, 3.8) is 0 Å². The zero-order valence-corrected chi connectivity index (χ0v) is 16.8. The Kier molecular flexibility index (Phi) is 5.13. The van der Waals surface area contributed by atoms with Crippen molar-refractivity contribution in [3.8, 4) is 16.8 Å². The first kappa shape index (κ1) is 18.3. The highest BCUT2D eigenvalue weighted by atomic mass is 32.1. The van der Waals surface area contributed by atoms with Gasteiger partial charge in [0, 0.05) is 29.0 Å². The van der Waals surface area contributed by atoms with Crippen LogP contribution < -0.4 is 5.32 Å². The Hall–Kier alpha value is -3.11. The topological polar surface area (TPSA) is 34.0 Å². The van der Waals surface area contributed by atoms with Crippen molar-refractivity contribution in [2.75, 3.05) is 5.32 Å². The monoisotopic (exact) mass is 386 g/mol. The molecule has 2 aromatic carbocycles. The average molecular weight is 387 g/mol. The van der Waals surface area contributed by atoms with Gasteiger partial charge in [0.05, 0.1) is 5.69 Å². The number of rotatable bonds is 5. The Morgan fingerprint density at radius 2 is 1.79 bits per heavy atom. The molecule has 4 heteroatoms. The fraction of sp³-hybridized carbons (Fsp3) is 0.125. The van der Waals surface area contributed by atoms with Gasteiger partial charge in [-0.05, 0) is 48.7 Å². The van der Waals surface area contributed by atoms with Gasteiger partial charge < -0.3 is 9.88 Å². The molecule has 4 rings (SSSR count). The lowest BCUT2D eigenvalue weighted by Gasteiger charge is -2.11. The highest BCUT2D eigenvalue weighted by Crippen LogP contribution is 2.35. The summed E-state index contributed by atoms with van der Waals surface area (Å²) < 4.78 is 2.02. The number of carbonyl (C=O) groups excluding carboxylic acids is 1. The van der Waals surface area contributed by atoms with Gasteiger partial charge in [0.25, 0.3) is 5.91 Å². The first-order valence-corrected chi connectivity index (χ1v) is 10.3. The summed E-state index contributed by atoms with van der Waals surface area (Å²) in [6.45, 7) is 4.19. The van der Waals surface area contributed by atoms with E-state index >= 15 is 0 Å². The van der Waals surface area contributed by atoms with Crippen LogP contribution in [-0.4, -0.2) is 10.5 Å². The van der Waals surface area contributed by atoms with E-state index in [1.54, 1.807) is 0 Å². The summed E-state index contributed by atoms with van der Waals surface area (Å²) in [6.07, 6.45) is 4.90. The molecule has 0 aliphatic heterocycles. The predicted molar refractivity (Wildman–Crippen MR) is 118 cm³/mol. The first-order chi connectivity index (χ1) is 13.7. The normalized spacial score (nSPS) is 10.8. The molecule has 140 valence electrons. The minimum atomic E-state index is -0.0830. The van der Waals surface area contributed by atoms with Crippen LogP contribution in [0.15, 0.2) is 78.4 Å².